The summed E-state index contributed by atoms with van der Waals surface area (Å²) in [6.07, 6.45) is 1.69. The van der Waals surface area contributed by atoms with Crippen molar-refractivity contribution in [2.45, 2.75) is 18.2 Å². The molecule has 0 aliphatic heterocycles. The zero-order chi connectivity index (χ0) is 23.1. The molecule has 0 unspecified atom stereocenters. The summed E-state index contributed by atoms with van der Waals surface area (Å²) in [5.41, 5.74) is 1.08. The first-order valence-corrected chi connectivity index (χ1v) is 11.8. The number of thioether (sulfide) groups is 1. The summed E-state index contributed by atoms with van der Waals surface area (Å²) in [5.74, 6) is 0.195. The van der Waals surface area contributed by atoms with Crippen molar-refractivity contribution in [2.75, 3.05) is 11.1 Å². The number of hydrogen-bond acceptors (Lipinski definition) is 5. The van der Waals surface area contributed by atoms with Crippen molar-refractivity contribution in [1.29, 1.82) is 0 Å². The summed E-state index contributed by atoms with van der Waals surface area (Å²) < 4.78 is 2.67. The number of rotatable bonds is 9. The minimum Gasteiger partial charge on any atom is -0.345 e. The van der Waals surface area contributed by atoms with Crippen LogP contribution in [-0.2, 0) is 17.9 Å². The summed E-state index contributed by atoms with van der Waals surface area (Å²) >= 11 is 16.5. The topological polar surface area (TPSA) is 88.9 Å². The highest BCUT2D eigenvalue weighted by Gasteiger charge is 2.15. The predicted molar refractivity (Wildman–Crippen MR) is 131 cm³/mol. The Bertz CT molecular complexity index is 1150. The molecule has 166 valence electrons. The molecule has 11 heteroatoms. The van der Waals surface area contributed by atoms with Crippen molar-refractivity contribution in [3.05, 3.63) is 81.0 Å². The SMILES string of the molecule is C=CCn1c(CNC(=O)c2ccc(Cl)c(Cl)c2)nnc1SCC(=O)Nc1cccc(Br)c1. The molecule has 1 aromatic heterocycles. The maximum Gasteiger partial charge on any atom is 0.251 e. The Hall–Kier alpha value is -2.33. The van der Waals surface area contributed by atoms with Crippen LogP contribution in [0.1, 0.15) is 16.2 Å². The third-order valence-electron chi connectivity index (χ3n) is 4.13. The lowest BCUT2D eigenvalue weighted by molar-refractivity contribution is -0.113. The second-order valence-corrected chi connectivity index (χ2v) is 9.13. The van der Waals surface area contributed by atoms with E-state index in [4.69, 9.17) is 23.2 Å². The van der Waals surface area contributed by atoms with E-state index in [2.05, 4.69) is 43.3 Å². The average Bonchev–Trinajstić information content (AvgIpc) is 3.14. The Balaban J connectivity index is 1.61. The maximum absolute atomic E-state index is 12.4. The molecule has 0 fully saturated rings. The van der Waals surface area contributed by atoms with Gasteiger partial charge in [-0.3, -0.25) is 9.59 Å². The lowest BCUT2D eigenvalue weighted by Crippen LogP contribution is -2.25. The van der Waals surface area contributed by atoms with Gasteiger partial charge < -0.3 is 15.2 Å². The first-order valence-electron chi connectivity index (χ1n) is 9.32. The molecule has 3 aromatic rings. The van der Waals surface area contributed by atoms with Gasteiger partial charge in [0.25, 0.3) is 5.91 Å². The van der Waals surface area contributed by atoms with Crippen molar-refractivity contribution in [3.8, 4) is 0 Å². The molecular weight excluding hydrogens is 537 g/mol. The molecule has 2 amide bonds. The van der Waals surface area contributed by atoms with Gasteiger partial charge in [-0.1, -0.05) is 63.0 Å². The second kappa shape index (κ2) is 11.5. The second-order valence-electron chi connectivity index (χ2n) is 6.46. The van der Waals surface area contributed by atoms with E-state index in [0.717, 1.165) is 4.47 Å². The van der Waals surface area contributed by atoms with E-state index in [1.807, 2.05) is 24.3 Å². The highest BCUT2D eigenvalue weighted by Crippen LogP contribution is 2.23. The molecular formula is C21H18BrCl2N5O2S. The number of anilines is 1. The number of hydrogen-bond donors (Lipinski definition) is 2. The fourth-order valence-corrected chi connectivity index (χ4v) is 4.13. The molecule has 0 radical (unpaired) electrons. The standard InChI is InChI=1S/C21H18BrCl2N5O2S/c1-2-8-29-18(11-25-20(31)13-6-7-16(23)17(24)9-13)27-28-21(29)32-12-19(30)26-15-5-3-4-14(22)10-15/h2-7,9-10H,1,8,11-12H2,(H,25,31)(H,26,30). The van der Waals surface area contributed by atoms with Crippen LogP contribution < -0.4 is 10.6 Å². The van der Waals surface area contributed by atoms with Gasteiger partial charge in [0.1, 0.15) is 0 Å². The van der Waals surface area contributed by atoms with Crippen molar-refractivity contribution >= 4 is 68.4 Å². The van der Waals surface area contributed by atoms with Crippen molar-refractivity contribution in [3.63, 3.8) is 0 Å². The van der Waals surface area contributed by atoms with Crippen LogP contribution >= 0.6 is 50.9 Å². The average molecular weight is 555 g/mol. The van der Waals surface area contributed by atoms with E-state index < -0.39 is 0 Å². The summed E-state index contributed by atoms with van der Waals surface area (Å²) in [4.78, 5) is 24.7. The number of amides is 2. The molecule has 0 spiro atoms. The van der Waals surface area contributed by atoms with Gasteiger partial charge in [0.05, 0.1) is 22.3 Å². The monoisotopic (exact) mass is 553 g/mol. The lowest BCUT2D eigenvalue weighted by Gasteiger charge is -2.09. The third-order valence-corrected chi connectivity index (χ3v) is 6.33. The first-order chi connectivity index (χ1) is 15.4. The van der Waals surface area contributed by atoms with E-state index >= 15 is 0 Å². The van der Waals surface area contributed by atoms with E-state index in [9.17, 15) is 9.59 Å². The third kappa shape index (κ3) is 6.59. The van der Waals surface area contributed by atoms with E-state index in [1.54, 1.807) is 22.8 Å². The van der Waals surface area contributed by atoms with Crippen LogP contribution in [0.2, 0.25) is 10.0 Å². The molecule has 2 N–H and O–H groups in total. The van der Waals surface area contributed by atoms with Crippen LogP contribution in [0.3, 0.4) is 0 Å². The van der Waals surface area contributed by atoms with Crippen molar-refractivity contribution in [2.24, 2.45) is 0 Å². The molecule has 7 nitrogen and oxygen atoms in total. The number of carbonyl (C=O) groups excluding carboxylic acids is 2. The normalized spacial score (nSPS) is 10.6. The molecule has 2 aromatic carbocycles. The molecule has 0 saturated heterocycles. The zero-order valence-corrected chi connectivity index (χ0v) is 20.6. The van der Waals surface area contributed by atoms with Gasteiger partial charge in [0.2, 0.25) is 5.91 Å². The number of carbonyl (C=O) groups is 2. The number of benzene rings is 2. The van der Waals surface area contributed by atoms with Crippen LogP contribution in [0, 0.1) is 0 Å². The molecule has 1 heterocycles. The molecule has 0 saturated carbocycles. The molecule has 32 heavy (non-hydrogen) atoms. The fraction of sp³-hybridized carbons (Fsp3) is 0.143. The van der Waals surface area contributed by atoms with Crippen LogP contribution in [0.4, 0.5) is 5.69 Å². The Kier molecular flexibility index (Phi) is 8.75. The summed E-state index contributed by atoms with van der Waals surface area (Å²) in [6.45, 7) is 4.33. The summed E-state index contributed by atoms with van der Waals surface area (Å²) in [6, 6.07) is 12.0. The highest BCUT2D eigenvalue weighted by molar-refractivity contribution is 9.10. The number of allylic oxidation sites excluding steroid dienone is 1. The van der Waals surface area contributed by atoms with Gasteiger partial charge in [-0.15, -0.1) is 16.8 Å². The molecule has 0 bridgehead atoms. The van der Waals surface area contributed by atoms with Gasteiger partial charge in [-0.2, -0.15) is 0 Å². The van der Waals surface area contributed by atoms with Crippen molar-refractivity contribution < 1.29 is 9.59 Å². The molecule has 0 atom stereocenters. The highest BCUT2D eigenvalue weighted by atomic mass is 79.9. The van der Waals surface area contributed by atoms with E-state index in [1.165, 1.54) is 17.8 Å². The summed E-state index contributed by atoms with van der Waals surface area (Å²) in [7, 11) is 0. The fourth-order valence-electron chi connectivity index (χ4n) is 2.66. The van der Waals surface area contributed by atoms with Gasteiger partial charge in [-0.05, 0) is 36.4 Å². The predicted octanol–water partition coefficient (Wildman–Crippen LogP) is 5.19. The van der Waals surface area contributed by atoms with Gasteiger partial charge in [-0.25, -0.2) is 0 Å². The first kappa shape index (κ1) is 24.3. The van der Waals surface area contributed by atoms with Crippen LogP contribution in [-0.4, -0.2) is 32.3 Å². The van der Waals surface area contributed by atoms with E-state index in [0.29, 0.717) is 38.8 Å². The minimum atomic E-state index is -0.320. The van der Waals surface area contributed by atoms with Crippen LogP contribution in [0.25, 0.3) is 0 Å². The Morgan fingerprint density at radius 2 is 1.97 bits per heavy atom. The quantitative estimate of drug-likeness (QED) is 0.280. The van der Waals surface area contributed by atoms with Gasteiger partial charge in [0, 0.05) is 22.3 Å². The van der Waals surface area contributed by atoms with E-state index in [-0.39, 0.29) is 24.1 Å². The Morgan fingerprint density at radius 3 is 2.69 bits per heavy atom. The maximum atomic E-state index is 12.4. The number of nitrogens with zero attached hydrogens (tertiary/aromatic N) is 3. The number of aromatic nitrogens is 3. The molecule has 3 rings (SSSR count). The number of halogens is 3. The lowest BCUT2D eigenvalue weighted by atomic mass is 10.2. The Morgan fingerprint density at radius 1 is 1.16 bits per heavy atom. The van der Waals surface area contributed by atoms with Crippen LogP contribution in [0.5, 0.6) is 0 Å². The minimum absolute atomic E-state index is 0.144. The van der Waals surface area contributed by atoms with Gasteiger partial charge in [0.15, 0.2) is 11.0 Å². The summed E-state index contributed by atoms with van der Waals surface area (Å²) in [5, 5.41) is 15.1. The molecule has 0 aliphatic rings. The van der Waals surface area contributed by atoms with Crippen LogP contribution in [0.15, 0.2) is 64.7 Å². The number of nitrogens with one attached hydrogen (secondary N) is 2. The van der Waals surface area contributed by atoms with Gasteiger partial charge >= 0.3 is 0 Å². The smallest absolute Gasteiger partial charge is 0.251 e. The Labute approximate surface area is 207 Å². The molecule has 0 aliphatic carbocycles. The zero-order valence-electron chi connectivity index (χ0n) is 16.6. The van der Waals surface area contributed by atoms with Crippen molar-refractivity contribution in [1.82, 2.24) is 20.1 Å². The largest absolute Gasteiger partial charge is 0.345 e.